The maximum atomic E-state index is 10.6. The van der Waals surface area contributed by atoms with Crippen LogP contribution in [0, 0.1) is 5.92 Å². The summed E-state index contributed by atoms with van der Waals surface area (Å²) in [6.45, 7) is 2.83. The first-order chi connectivity index (χ1) is 12.1. The summed E-state index contributed by atoms with van der Waals surface area (Å²) in [6, 6.07) is 6.07. The number of piperidine rings is 1. The van der Waals surface area contributed by atoms with Gasteiger partial charge < -0.3 is 19.1 Å². The van der Waals surface area contributed by atoms with Gasteiger partial charge in [-0.25, -0.2) is 4.98 Å². The smallest absolute Gasteiger partial charge is 0.161 e. The fourth-order valence-electron chi connectivity index (χ4n) is 3.54. The predicted octanol–water partition coefficient (Wildman–Crippen LogP) is 2.38. The number of hydrogen-bond donors (Lipinski definition) is 1. The molecule has 1 atom stereocenters. The number of aryl methyl sites for hydroxylation is 1. The maximum absolute atomic E-state index is 10.6. The summed E-state index contributed by atoms with van der Waals surface area (Å²) in [7, 11) is 5.24. The van der Waals surface area contributed by atoms with E-state index in [-0.39, 0.29) is 5.92 Å². The summed E-state index contributed by atoms with van der Waals surface area (Å²) < 4.78 is 12.6. The van der Waals surface area contributed by atoms with Crippen LogP contribution in [0.3, 0.4) is 0 Å². The van der Waals surface area contributed by atoms with Gasteiger partial charge >= 0.3 is 0 Å². The van der Waals surface area contributed by atoms with E-state index in [1.807, 2.05) is 29.9 Å². The molecule has 2 heterocycles. The zero-order valence-electron chi connectivity index (χ0n) is 15.2. The molecule has 0 radical (unpaired) electrons. The number of likely N-dealkylation sites (tertiary alicyclic amines) is 1. The maximum Gasteiger partial charge on any atom is 0.161 e. The minimum atomic E-state index is -0.483. The highest BCUT2D eigenvalue weighted by Gasteiger charge is 2.28. The van der Waals surface area contributed by atoms with Crippen LogP contribution in [0.5, 0.6) is 11.5 Å². The minimum Gasteiger partial charge on any atom is -0.493 e. The average molecular weight is 345 g/mol. The van der Waals surface area contributed by atoms with E-state index < -0.39 is 6.10 Å². The van der Waals surface area contributed by atoms with Crippen molar-refractivity contribution in [3.05, 3.63) is 42.0 Å². The molecule has 0 spiro atoms. The predicted molar refractivity (Wildman–Crippen MR) is 95.7 cm³/mol. The van der Waals surface area contributed by atoms with Gasteiger partial charge in [-0.1, -0.05) is 6.07 Å². The number of methoxy groups -OCH3 is 2. The Balaban J connectivity index is 1.57. The van der Waals surface area contributed by atoms with Gasteiger partial charge in [0.15, 0.2) is 11.5 Å². The topological polar surface area (TPSA) is 59.8 Å². The summed E-state index contributed by atoms with van der Waals surface area (Å²) in [5.41, 5.74) is 1.21. The highest BCUT2D eigenvalue weighted by Crippen LogP contribution is 2.31. The van der Waals surface area contributed by atoms with Crippen molar-refractivity contribution in [2.45, 2.75) is 25.5 Å². The third-order valence-corrected chi connectivity index (χ3v) is 5.06. The fraction of sp³-hybridized carbons (Fsp3) is 0.526. The van der Waals surface area contributed by atoms with Gasteiger partial charge in [-0.2, -0.15) is 0 Å². The number of rotatable bonds is 6. The second-order valence-corrected chi connectivity index (χ2v) is 6.64. The molecule has 2 aromatic rings. The van der Waals surface area contributed by atoms with Crippen LogP contribution in [-0.4, -0.2) is 46.9 Å². The second kappa shape index (κ2) is 7.89. The Morgan fingerprint density at radius 2 is 1.92 bits per heavy atom. The van der Waals surface area contributed by atoms with Crippen LogP contribution in [0.25, 0.3) is 0 Å². The molecule has 6 nitrogen and oxygen atoms in total. The largest absolute Gasteiger partial charge is 0.493 e. The number of ether oxygens (including phenoxy) is 2. The van der Waals surface area contributed by atoms with Crippen LogP contribution in [-0.2, 0) is 13.6 Å². The monoisotopic (exact) mass is 345 g/mol. The summed E-state index contributed by atoms with van der Waals surface area (Å²) in [4.78, 5) is 6.71. The van der Waals surface area contributed by atoms with Gasteiger partial charge in [0.25, 0.3) is 0 Å². The molecule has 0 amide bonds. The van der Waals surface area contributed by atoms with E-state index in [1.54, 1.807) is 20.4 Å². The molecule has 25 heavy (non-hydrogen) atoms. The van der Waals surface area contributed by atoms with Crippen molar-refractivity contribution < 1.29 is 14.6 Å². The molecule has 136 valence electrons. The van der Waals surface area contributed by atoms with Crippen molar-refractivity contribution in [3.8, 4) is 11.5 Å². The molecule has 1 aromatic carbocycles. The Morgan fingerprint density at radius 3 is 2.52 bits per heavy atom. The Kier molecular flexibility index (Phi) is 5.60. The average Bonchev–Trinajstić information content (AvgIpc) is 3.07. The van der Waals surface area contributed by atoms with E-state index in [9.17, 15) is 5.11 Å². The van der Waals surface area contributed by atoms with Crippen LogP contribution in [0.1, 0.15) is 30.3 Å². The van der Waals surface area contributed by atoms with E-state index in [0.29, 0.717) is 0 Å². The highest BCUT2D eigenvalue weighted by molar-refractivity contribution is 5.42. The molecule has 0 aliphatic carbocycles. The van der Waals surface area contributed by atoms with Gasteiger partial charge in [0.1, 0.15) is 11.9 Å². The van der Waals surface area contributed by atoms with Crippen LogP contribution in [0.4, 0.5) is 0 Å². The van der Waals surface area contributed by atoms with Crippen molar-refractivity contribution in [2.75, 3.05) is 27.3 Å². The Morgan fingerprint density at radius 1 is 1.20 bits per heavy atom. The first kappa shape index (κ1) is 17.8. The molecule has 3 rings (SSSR count). The number of imidazole rings is 1. The minimum absolute atomic E-state index is 0.266. The first-order valence-electron chi connectivity index (χ1n) is 8.71. The molecule has 6 heteroatoms. The van der Waals surface area contributed by atoms with Crippen LogP contribution in [0.2, 0.25) is 0 Å². The van der Waals surface area contributed by atoms with Gasteiger partial charge in [-0.15, -0.1) is 0 Å². The van der Waals surface area contributed by atoms with Gasteiger partial charge in [0.05, 0.1) is 14.2 Å². The van der Waals surface area contributed by atoms with Gasteiger partial charge in [0, 0.05) is 26.0 Å². The van der Waals surface area contributed by atoms with Gasteiger partial charge in [0.2, 0.25) is 0 Å². The van der Waals surface area contributed by atoms with Crippen molar-refractivity contribution in [1.82, 2.24) is 14.5 Å². The van der Waals surface area contributed by atoms with Crippen LogP contribution in [0.15, 0.2) is 30.6 Å². The number of aliphatic hydroxyl groups excluding tert-OH is 1. The van der Waals surface area contributed by atoms with E-state index in [1.165, 1.54) is 5.56 Å². The number of aliphatic hydroxyl groups is 1. The normalized spacial score (nSPS) is 17.4. The fourth-order valence-corrected chi connectivity index (χ4v) is 3.54. The molecule has 0 bridgehead atoms. The van der Waals surface area contributed by atoms with E-state index in [2.05, 4.69) is 16.0 Å². The molecule has 1 N–H and O–H groups in total. The standard InChI is InChI=1S/C19H27N3O3/c1-21-11-8-20-19(21)18(23)15-6-9-22(10-7-15)13-14-4-5-16(24-2)17(12-14)25-3/h4-5,8,11-12,15,18,23H,6-7,9-10,13H2,1-3H3. The van der Waals surface area contributed by atoms with Gasteiger partial charge in [-0.05, 0) is 49.5 Å². The third-order valence-electron chi connectivity index (χ3n) is 5.06. The van der Waals surface area contributed by atoms with Crippen LogP contribution < -0.4 is 9.47 Å². The lowest BCUT2D eigenvalue weighted by molar-refractivity contribution is 0.0492. The molecule has 1 fully saturated rings. The lowest BCUT2D eigenvalue weighted by Gasteiger charge is -2.34. The summed E-state index contributed by atoms with van der Waals surface area (Å²) >= 11 is 0. The Labute approximate surface area is 149 Å². The summed E-state index contributed by atoms with van der Waals surface area (Å²) in [5, 5.41) is 10.6. The first-order valence-corrected chi connectivity index (χ1v) is 8.71. The molecular weight excluding hydrogens is 318 g/mol. The molecule has 1 saturated heterocycles. The van der Waals surface area contributed by atoms with Crippen molar-refractivity contribution in [2.24, 2.45) is 13.0 Å². The zero-order valence-corrected chi connectivity index (χ0v) is 15.2. The van der Waals surface area contributed by atoms with E-state index in [0.717, 1.165) is 49.8 Å². The molecule has 1 aliphatic rings. The number of nitrogens with zero attached hydrogens (tertiary/aromatic N) is 3. The zero-order chi connectivity index (χ0) is 17.8. The lowest BCUT2D eigenvalue weighted by Crippen LogP contribution is -2.35. The number of benzene rings is 1. The quantitative estimate of drug-likeness (QED) is 0.871. The highest BCUT2D eigenvalue weighted by atomic mass is 16.5. The Bertz CT molecular complexity index is 693. The molecular formula is C19H27N3O3. The summed E-state index contributed by atoms with van der Waals surface area (Å²) in [6.07, 6.45) is 5.08. The second-order valence-electron chi connectivity index (χ2n) is 6.64. The van der Waals surface area contributed by atoms with E-state index >= 15 is 0 Å². The Hall–Kier alpha value is -2.05. The SMILES string of the molecule is COc1ccc(CN2CCC(C(O)c3nccn3C)CC2)cc1OC. The van der Waals surface area contributed by atoms with Gasteiger partial charge in [-0.3, -0.25) is 4.90 Å². The van der Waals surface area contributed by atoms with Crippen molar-refractivity contribution in [3.63, 3.8) is 0 Å². The van der Waals surface area contributed by atoms with Crippen molar-refractivity contribution in [1.29, 1.82) is 0 Å². The number of aromatic nitrogens is 2. The van der Waals surface area contributed by atoms with E-state index in [4.69, 9.17) is 9.47 Å². The molecule has 0 saturated carbocycles. The molecule has 1 unspecified atom stereocenters. The van der Waals surface area contributed by atoms with Crippen molar-refractivity contribution >= 4 is 0 Å². The number of hydrogen-bond acceptors (Lipinski definition) is 5. The molecule has 1 aliphatic heterocycles. The summed E-state index contributed by atoms with van der Waals surface area (Å²) in [5.74, 6) is 2.55. The lowest BCUT2D eigenvalue weighted by atomic mass is 9.90. The van der Waals surface area contributed by atoms with Crippen LogP contribution >= 0.6 is 0 Å². The molecule has 1 aromatic heterocycles. The third kappa shape index (κ3) is 3.96.